The quantitative estimate of drug-likeness (QED) is 0.257. The van der Waals surface area contributed by atoms with Gasteiger partial charge in [-0.2, -0.15) is 0 Å². The van der Waals surface area contributed by atoms with Crippen LogP contribution in [0.4, 0.5) is 0 Å². The third-order valence-electron chi connectivity index (χ3n) is 10.9. The van der Waals surface area contributed by atoms with Gasteiger partial charge in [-0.25, -0.2) is 0 Å². The Hall–Kier alpha value is -4.30. The molecule has 0 amide bonds. The molecule has 0 radical (unpaired) electrons. The fourth-order valence-electron chi connectivity index (χ4n) is 9.43. The topological polar surface area (TPSA) is 34.1 Å². The first-order valence-electron chi connectivity index (χ1n) is 14.6. The molecule has 0 aromatic heterocycles. The van der Waals surface area contributed by atoms with Gasteiger partial charge in [0.15, 0.2) is 11.6 Å². The van der Waals surface area contributed by atoms with Crippen LogP contribution in [0, 0.1) is 16.2 Å². The molecule has 2 heteroatoms. The standard InChI is InChI=1S/C39H34O2/c1-5-38-33(29-22-14-8-15-23-29)32(28-20-12-7-13-21-28)36(3,35(38)41)37(4)34(40)26(2)31(27-18-10-6-11-19-27)39(37,38)30-24-16-9-17-25-30/h6-25H,5H2,1-4H3. The molecule has 7 rings (SSSR count). The van der Waals surface area contributed by atoms with Crippen LogP contribution in [0.25, 0.3) is 16.7 Å². The molecule has 4 unspecified atom stereocenters. The van der Waals surface area contributed by atoms with Crippen LogP contribution in [0.5, 0.6) is 0 Å². The minimum Gasteiger partial charge on any atom is -0.298 e. The molecule has 0 aliphatic heterocycles. The zero-order chi connectivity index (χ0) is 28.6. The molecule has 1 saturated carbocycles. The summed E-state index contributed by atoms with van der Waals surface area (Å²) < 4.78 is 0. The summed E-state index contributed by atoms with van der Waals surface area (Å²) in [6.45, 7) is 8.30. The molecule has 0 heterocycles. The molecule has 4 aromatic carbocycles. The van der Waals surface area contributed by atoms with Crippen molar-refractivity contribution in [2.24, 2.45) is 16.2 Å². The van der Waals surface area contributed by atoms with E-state index in [9.17, 15) is 0 Å². The normalized spacial score (nSPS) is 30.3. The number of carbonyl (C=O) groups excluding carboxylic acids is 2. The maximum atomic E-state index is 15.6. The molecule has 0 N–H and O–H groups in total. The van der Waals surface area contributed by atoms with Gasteiger partial charge in [-0.3, -0.25) is 9.59 Å². The number of rotatable bonds is 5. The van der Waals surface area contributed by atoms with Crippen molar-refractivity contribution in [3.63, 3.8) is 0 Å². The predicted octanol–water partition coefficient (Wildman–Crippen LogP) is 8.60. The summed E-state index contributed by atoms with van der Waals surface area (Å²) in [7, 11) is 0. The van der Waals surface area contributed by atoms with Gasteiger partial charge >= 0.3 is 0 Å². The Morgan fingerprint density at radius 1 is 0.561 bits per heavy atom. The van der Waals surface area contributed by atoms with E-state index in [1.807, 2.05) is 55.5 Å². The Morgan fingerprint density at radius 3 is 1.44 bits per heavy atom. The monoisotopic (exact) mass is 534 g/mol. The molecule has 41 heavy (non-hydrogen) atoms. The van der Waals surface area contributed by atoms with E-state index < -0.39 is 21.7 Å². The summed E-state index contributed by atoms with van der Waals surface area (Å²) in [5.74, 6) is 0.234. The molecule has 4 aromatic rings. The lowest BCUT2D eigenvalue weighted by Gasteiger charge is -2.56. The van der Waals surface area contributed by atoms with E-state index in [0.29, 0.717) is 6.42 Å². The van der Waals surface area contributed by atoms with Gasteiger partial charge in [-0.1, -0.05) is 128 Å². The van der Waals surface area contributed by atoms with Crippen molar-refractivity contribution in [1.82, 2.24) is 0 Å². The van der Waals surface area contributed by atoms with Crippen LogP contribution in [0.1, 0.15) is 56.4 Å². The zero-order valence-corrected chi connectivity index (χ0v) is 24.1. The van der Waals surface area contributed by atoms with Crippen LogP contribution in [-0.4, -0.2) is 11.6 Å². The summed E-state index contributed by atoms with van der Waals surface area (Å²) in [5, 5.41) is 0. The SMILES string of the molecule is CCC12C(=O)C(C)(C(c3ccccc3)=C1c1ccccc1)C1(C)C(=O)C(C)=C(c3ccccc3)C21c1ccccc1. The molecule has 202 valence electrons. The average molecular weight is 535 g/mol. The Bertz CT molecular complexity index is 1770. The molecule has 3 aliphatic rings. The number of allylic oxidation sites excluding steroid dienone is 4. The number of fused-ring (bicyclic) bond motifs is 5. The Labute approximate surface area is 242 Å². The third kappa shape index (κ3) is 2.65. The molecular formula is C39H34O2. The molecular weight excluding hydrogens is 500 g/mol. The second-order valence-corrected chi connectivity index (χ2v) is 12.1. The maximum absolute atomic E-state index is 15.6. The molecule has 4 atom stereocenters. The lowest BCUT2D eigenvalue weighted by Crippen LogP contribution is -2.57. The van der Waals surface area contributed by atoms with Crippen molar-refractivity contribution < 1.29 is 9.59 Å². The molecule has 0 spiro atoms. The van der Waals surface area contributed by atoms with Crippen LogP contribution in [-0.2, 0) is 15.0 Å². The highest BCUT2D eigenvalue weighted by molar-refractivity contribution is 6.33. The van der Waals surface area contributed by atoms with Gasteiger partial charge in [-0.15, -0.1) is 0 Å². The number of hydrogen-bond donors (Lipinski definition) is 0. The van der Waals surface area contributed by atoms with E-state index in [1.54, 1.807) is 0 Å². The van der Waals surface area contributed by atoms with Gasteiger partial charge in [0.1, 0.15) is 0 Å². The summed E-state index contributed by atoms with van der Waals surface area (Å²) in [4.78, 5) is 30.7. The zero-order valence-electron chi connectivity index (χ0n) is 24.1. The van der Waals surface area contributed by atoms with Gasteiger partial charge in [0.05, 0.1) is 21.7 Å². The summed E-state index contributed by atoms with van der Waals surface area (Å²) in [6, 6.07) is 41.4. The van der Waals surface area contributed by atoms with Crippen LogP contribution >= 0.6 is 0 Å². The van der Waals surface area contributed by atoms with E-state index in [-0.39, 0.29) is 11.6 Å². The molecule has 3 aliphatic carbocycles. The Balaban J connectivity index is 1.75. The smallest absolute Gasteiger partial charge is 0.167 e. The van der Waals surface area contributed by atoms with Crippen molar-refractivity contribution in [1.29, 1.82) is 0 Å². The highest BCUT2D eigenvalue weighted by atomic mass is 16.1. The van der Waals surface area contributed by atoms with Crippen LogP contribution in [0.15, 0.2) is 127 Å². The molecule has 0 saturated heterocycles. The average Bonchev–Trinajstić information content (AvgIpc) is 3.41. The number of benzene rings is 4. The van der Waals surface area contributed by atoms with E-state index in [1.165, 1.54) is 0 Å². The third-order valence-corrected chi connectivity index (χ3v) is 10.9. The second-order valence-electron chi connectivity index (χ2n) is 12.1. The van der Waals surface area contributed by atoms with Gasteiger partial charge in [0, 0.05) is 0 Å². The summed E-state index contributed by atoms with van der Waals surface area (Å²) in [6.07, 6.45) is 0.573. The molecule has 2 nitrogen and oxygen atoms in total. The first-order chi connectivity index (χ1) is 19.8. The number of ketones is 2. The first-order valence-corrected chi connectivity index (χ1v) is 14.6. The molecule has 1 fully saturated rings. The van der Waals surface area contributed by atoms with Gasteiger partial charge in [0.2, 0.25) is 0 Å². The van der Waals surface area contributed by atoms with Gasteiger partial charge < -0.3 is 0 Å². The number of Topliss-reactive ketones (excluding diaryl/α,β-unsaturated/α-hetero) is 2. The summed E-state index contributed by atoms with van der Waals surface area (Å²) >= 11 is 0. The van der Waals surface area contributed by atoms with Crippen molar-refractivity contribution in [2.45, 2.75) is 39.5 Å². The van der Waals surface area contributed by atoms with Gasteiger partial charge in [0.25, 0.3) is 0 Å². The highest BCUT2D eigenvalue weighted by Crippen LogP contribution is 2.86. The van der Waals surface area contributed by atoms with Gasteiger partial charge in [-0.05, 0) is 71.7 Å². The Morgan fingerprint density at radius 2 is 0.976 bits per heavy atom. The fourth-order valence-corrected chi connectivity index (χ4v) is 9.43. The van der Waals surface area contributed by atoms with E-state index >= 15 is 9.59 Å². The van der Waals surface area contributed by atoms with Crippen LogP contribution in [0.2, 0.25) is 0 Å². The van der Waals surface area contributed by atoms with E-state index in [4.69, 9.17) is 0 Å². The van der Waals surface area contributed by atoms with E-state index in [2.05, 4.69) is 93.6 Å². The Kier molecular flexibility index (Phi) is 5.38. The van der Waals surface area contributed by atoms with Crippen molar-refractivity contribution in [2.75, 3.05) is 0 Å². The highest BCUT2D eigenvalue weighted by Gasteiger charge is 2.89. The lowest BCUT2D eigenvalue weighted by molar-refractivity contribution is -0.134. The maximum Gasteiger partial charge on any atom is 0.167 e. The largest absolute Gasteiger partial charge is 0.298 e. The predicted molar refractivity (Wildman–Crippen MR) is 166 cm³/mol. The second kappa shape index (κ2) is 8.60. The minimum absolute atomic E-state index is 0.0759. The van der Waals surface area contributed by atoms with Crippen molar-refractivity contribution in [3.05, 3.63) is 149 Å². The summed E-state index contributed by atoms with van der Waals surface area (Å²) in [5.41, 5.74) is 3.98. The van der Waals surface area contributed by atoms with E-state index in [0.717, 1.165) is 44.5 Å². The molecule has 2 bridgehead atoms. The van der Waals surface area contributed by atoms with Crippen molar-refractivity contribution in [3.8, 4) is 0 Å². The minimum atomic E-state index is -1.06. The number of hydrogen-bond acceptors (Lipinski definition) is 2. The fraction of sp³-hybridized carbons (Fsp3) is 0.231. The lowest BCUT2D eigenvalue weighted by atomic mass is 9.43. The van der Waals surface area contributed by atoms with Crippen LogP contribution in [0.3, 0.4) is 0 Å². The van der Waals surface area contributed by atoms with Crippen molar-refractivity contribution >= 4 is 28.3 Å². The number of carbonyl (C=O) groups is 2. The van der Waals surface area contributed by atoms with Crippen LogP contribution < -0.4 is 0 Å². The first kappa shape index (κ1) is 25.7.